The minimum atomic E-state index is 0.526. The quantitative estimate of drug-likeness (QED) is 0.586. The molecule has 0 aliphatic carbocycles. The van der Waals surface area contributed by atoms with Crippen LogP contribution in [0.2, 0.25) is 0 Å². The molecule has 0 spiro atoms. The second-order valence-corrected chi connectivity index (χ2v) is 4.13. The van der Waals surface area contributed by atoms with Gasteiger partial charge in [-0.3, -0.25) is 0 Å². The van der Waals surface area contributed by atoms with E-state index in [0.29, 0.717) is 11.6 Å². The molecule has 0 N–H and O–H groups in total. The smallest absolute Gasteiger partial charge is 0.257 e. The van der Waals surface area contributed by atoms with Crippen LogP contribution in [0.3, 0.4) is 0 Å². The first kappa shape index (κ1) is 12.3. The SMILES string of the molecule is [C-]#[N+]c1ccc(-c2nc(CCCCC)no2)cc1. The Morgan fingerprint density at radius 1 is 1.22 bits per heavy atom. The van der Waals surface area contributed by atoms with Crippen LogP contribution in [-0.2, 0) is 6.42 Å². The first-order valence-electron chi connectivity index (χ1n) is 6.14. The molecule has 1 aromatic carbocycles. The molecule has 0 fully saturated rings. The van der Waals surface area contributed by atoms with E-state index in [4.69, 9.17) is 11.1 Å². The highest BCUT2D eigenvalue weighted by molar-refractivity contribution is 5.58. The van der Waals surface area contributed by atoms with E-state index in [2.05, 4.69) is 21.9 Å². The lowest BCUT2D eigenvalue weighted by Gasteiger charge is -1.93. The second-order valence-electron chi connectivity index (χ2n) is 4.13. The maximum Gasteiger partial charge on any atom is 0.257 e. The lowest BCUT2D eigenvalue weighted by atomic mass is 10.2. The van der Waals surface area contributed by atoms with Crippen LogP contribution in [0.15, 0.2) is 28.8 Å². The fourth-order valence-corrected chi connectivity index (χ4v) is 1.68. The Hall–Kier alpha value is -2.15. The first-order valence-corrected chi connectivity index (χ1v) is 6.14. The van der Waals surface area contributed by atoms with Gasteiger partial charge in [0.15, 0.2) is 11.5 Å². The fraction of sp³-hybridized carbons (Fsp3) is 0.357. The van der Waals surface area contributed by atoms with Gasteiger partial charge in [0.05, 0.1) is 6.57 Å². The van der Waals surface area contributed by atoms with Gasteiger partial charge in [0, 0.05) is 12.0 Å². The molecule has 1 heterocycles. The van der Waals surface area contributed by atoms with E-state index in [-0.39, 0.29) is 0 Å². The summed E-state index contributed by atoms with van der Waals surface area (Å²) in [5.74, 6) is 1.28. The van der Waals surface area contributed by atoms with E-state index >= 15 is 0 Å². The molecule has 2 rings (SSSR count). The van der Waals surface area contributed by atoms with Gasteiger partial charge in [-0.25, -0.2) is 4.85 Å². The van der Waals surface area contributed by atoms with Gasteiger partial charge >= 0.3 is 0 Å². The van der Waals surface area contributed by atoms with Gasteiger partial charge in [-0.05, 0) is 6.42 Å². The molecule has 0 saturated heterocycles. The van der Waals surface area contributed by atoms with Crippen LogP contribution in [0.1, 0.15) is 32.0 Å². The van der Waals surface area contributed by atoms with Gasteiger partial charge in [-0.2, -0.15) is 4.98 Å². The molecule has 4 heteroatoms. The molecular weight excluding hydrogens is 226 g/mol. The third-order valence-corrected chi connectivity index (χ3v) is 2.72. The Bertz CT molecular complexity index is 537. The van der Waals surface area contributed by atoms with E-state index in [1.807, 2.05) is 12.1 Å². The zero-order valence-corrected chi connectivity index (χ0v) is 10.4. The zero-order valence-electron chi connectivity index (χ0n) is 10.4. The van der Waals surface area contributed by atoms with Gasteiger partial charge in [0.1, 0.15) is 0 Å². The number of hydrogen-bond donors (Lipinski definition) is 0. The van der Waals surface area contributed by atoms with Gasteiger partial charge in [-0.1, -0.05) is 49.2 Å². The summed E-state index contributed by atoms with van der Waals surface area (Å²) in [7, 11) is 0. The van der Waals surface area contributed by atoms with Gasteiger partial charge in [0.2, 0.25) is 0 Å². The molecule has 0 bridgehead atoms. The van der Waals surface area contributed by atoms with Crippen molar-refractivity contribution in [2.24, 2.45) is 0 Å². The van der Waals surface area contributed by atoms with E-state index in [0.717, 1.165) is 24.2 Å². The zero-order chi connectivity index (χ0) is 12.8. The van der Waals surface area contributed by atoms with Crippen molar-refractivity contribution >= 4 is 5.69 Å². The van der Waals surface area contributed by atoms with E-state index in [9.17, 15) is 0 Å². The summed E-state index contributed by atoms with van der Waals surface area (Å²) in [6, 6.07) is 7.17. The van der Waals surface area contributed by atoms with E-state index < -0.39 is 0 Å². The Kier molecular flexibility index (Phi) is 4.08. The molecule has 0 radical (unpaired) electrons. The minimum Gasteiger partial charge on any atom is -0.334 e. The minimum absolute atomic E-state index is 0.526. The predicted octanol–water partition coefficient (Wildman–Crippen LogP) is 4.02. The van der Waals surface area contributed by atoms with Crippen LogP contribution in [0.25, 0.3) is 16.3 Å². The highest BCUT2D eigenvalue weighted by Gasteiger charge is 2.08. The average Bonchev–Trinajstić information content (AvgIpc) is 2.88. The Morgan fingerprint density at radius 2 is 2.00 bits per heavy atom. The molecule has 4 nitrogen and oxygen atoms in total. The van der Waals surface area contributed by atoms with E-state index in [1.165, 1.54) is 12.8 Å². The highest BCUT2D eigenvalue weighted by atomic mass is 16.5. The summed E-state index contributed by atoms with van der Waals surface area (Å²) in [5, 5.41) is 3.96. The van der Waals surface area contributed by atoms with Crippen molar-refractivity contribution in [3.63, 3.8) is 0 Å². The maximum atomic E-state index is 6.89. The molecule has 2 aromatic rings. The third kappa shape index (κ3) is 2.95. The fourth-order valence-electron chi connectivity index (χ4n) is 1.68. The van der Waals surface area contributed by atoms with Crippen LogP contribution in [0.4, 0.5) is 5.69 Å². The molecule has 18 heavy (non-hydrogen) atoms. The molecule has 0 aliphatic rings. The number of aryl methyl sites for hydroxylation is 1. The number of unbranched alkanes of at least 4 members (excludes halogenated alkanes) is 2. The molecule has 0 aliphatic heterocycles. The van der Waals surface area contributed by atoms with Crippen LogP contribution in [0, 0.1) is 6.57 Å². The number of hydrogen-bond acceptors (Lipinski definition) is 3. The molecule has 0 atom stereocenters. The number of nitrogens with zero attached hydrogens (tertiary/aromatic N) is 3. The topological polar surface area (TPSA) is 43.3 Å². The lowest BCUT2D eigenvalue weighted by Crippen LogP contribution is -1.88. The Labute approximate surface area is 106 Å². The van der Waals surface area contributed by atoms with Gasteiger partial charge in [-0.15, -0.1) is 0 Å². The molecule has 0 amide bonds. The van der Waals surface area contributed by atoms with Crippen molar-refractivity contribution < 1.29 is 4.52 Å². The van der Waals surface area contributed by atoms with Crippen molar-refractivity contribution in [1.82, 2.24) is 10.1 Å². The molecule has 0 unspecified atom stereocenters. The lowest BCUT2D eigenvalue weighted by molar-refractivity contribution is 0.421. The summed E-state index contributed by atoms with van der Waals surface area (Å²) < 4.78 is 5.22. The molecule has 92 valence electrons. The Balaban J connectivity index is 2.06. The van der Waals surface area contributed by atoms with Crippen LogP contribution < -0.4 is 0 Å². The van der Waals surface area contributed by atoms with Gasteiger partial charge in [0.25, 0.3) is 5.89 Å². The summed E-state index contributed by atoms with van der Waals surface area (Å²) in [5.41, 5.74) is 1.47. The maximum absolute atomic E-state index is 6.89. The number of benzene rings is 1. The first-order chi connectivity index (χ1) is 8.83. The van der Waals surface area contributed by atoms with Crippen molar-refractivity contribution in [3.05, 3.63) is 41.5 Å². The van der Waals surface area contributed by atoms with Gasteiger partial charge < -0.3 is 4.52 Å². The van der Waals surface area contributed by atoms with E-state index in [1.54, 1.807) is 12.1 Å². The highest BCUT2D eigenvalue weighted by Crippen LogP contribution is 2.21. The molecule has 0 saturated carbocycles. The standard InChI is InChI=1S/C14H15N3O/c1-3-4-5-6-13-16-14(18-17-13)11-7-9-12(15-2)10-8-11/h7-10H,3-6H2,1H3. The normalized spacial score (nSPS) is 10.2. The van der Waals surface area contributed by atoms with Crippen molar-refractivity contribution in [2.75, 3.05) is 0 Å². The number of rotatable bonds is 5. The summed E-state index contributed by atoms with van der Waals surface area (Å²) >= 11 is 0. The summed E-state index contributed by atoms with van der Waals surface area (Å²) in [6.07, 6.45) is 4.32. The average molecular weight is 241 g/mol. The van der Waals surface area contributed by atoms with Crippen molar-refractivity contribution in [2.45, 2.75) is 32.6 Å². The third-order valence-electron chi connectivity index (χ3n) is 2.72. The predicted molar refractivity (Wildman–Crippen MR) is 69.2 cm³/mol. The largest absolute Gasteiger partial charge is 0.334 e. The summed E-state index contributed by atoms with van der Waals surface area (Å²) in [4.78, 5) is 7.70. The monoisotopic (exact) mass is 241 g/mol. The molecular formula is C14H15N3O. The van der Waals surface area contributed by atoms with Crippen LogP contribution in [0.5, 0.6) is 0 Å². The van der Waals surface area contributed by atoms with Crippen LogP contribution in [-0.4, -0.2) is 10.1 Å². The van der Waals surface area contributed by atoms with Crippen LogP contribution >= 0.6 is 0 Å². The summed E-state index contributed by atoms with van der Waals surface area (Å²) in [6.45, 7) is 9.06. The van der Waals surface area contributed by atoms with Crippen molar-refractivity contribution in [1.29, 1.82) is 0 Å². The Morgan fingerprint density at radius 3 is 2.67 bits per heavy atom. The molecule has 1 aromatic heterocycles. The second kappa shape index (κ2) is 5.97. The number of aromatic nitrogens is 2. The van der Waals surface area contributed by atoms with Crippen molar-refractivity contribution in [3.8, 4) is 11.5 Å².